The number of phenolic OH excluding ortho intramolecular Hbond substituents is 1. The molecule has 0 aliphatic heterocycles. The molecule has 0 spiro atoms. The first-order valence-electron chi connectivity index (χ1n) is 3.60. The monoisotopic (exact) mass is 182 g/mol. The van der Waals surface area contributed by atoms with Crippen LogP contribution in [0.1, 0.15) is 16.8 Å². The van der Waals surface area contributed by atoms with E-state index in [1.807, 2.05) is 0 Å². The van der Waals surface area contributed by atoms with Crippen LogP contribution in [0, 0.1) is 5.82 Å². The Labute approximate surface area is 73.8 Å². The first-order valence-corrected chi connectivity index (χ1v) is 3.60. The SMILES string of the molecule is O=CCC(=O)c1cc(F)ccc1O. The molecule has 0 amide bonds. The van der Waals surface area contributed by atoms with Gasteiger partial charge in [-0.3, -0.25) is 4.79 Å². The zero-order valence-corrected chi connectivity index (χ0v) is 6.66. The Morgan fingerprint density at radius 3 is 2.85 bits per heavy atom. The molecule has 3 nitrogen and oxygen atoms in total. The van der Waals surface area contributed by atoms with Crippen molar-refractivity contribution in [3.05, 3.63) is 29.6 Å². The highest BCUT2D eigenvalue weighted by molar-refractivity contribution is 6.04. The summed E-state index contributed by atoms with van der Waals surface area (Å²) in [5, 5.41) is 9.13. The van der Waals surface area contributed by atoms with Crippen molar-refractivity contribution in [3.8, 4) is 5.75 Å². The molecule has 0 saturated carbocycles. The molecule has 1 N–H and O–H groups in total. The van der Waals surface area contributed by atoms with Crippen LogP contribution in [0.2, 0.25) is 0 Å². The van der Waals surface area contributed by atoms with Gasteiger partial charge >= 0.3 is 0 Å². The van der Waals surface area contributed by atoms with Crippen LogP contribution in [0.5, 0.6) is 5.75 Å². The predicted octanol–water partition coefficient (Wildman–Crippen LogP) is 1.30. The van der Waals surface area contributed by atoms with Crippen LogP contribution in [0.4, 0.5) is 4.39 Å². The van der Waals surface area contributed by atoms with Gasteiger partial charge in [-0.25, -0.2) is 4.39 Å². The number of hydrogen-bond acceptors (Lipinski definition) is 3. The van der Waals surface area contributed by atoms with E-state index in [1.54, 1.807) is 0 Å². The summed E-state index contributed by atoms with van der Waals surface area (Å²) in [6, 6.07) is 3.02. The largest absolute Gasteiger partial charge is 0.507 e. The number of carbonyl (C=O) groups excluding carboxylic acids is 2. The van der Waals surface area contributed by atoms with E-state index in [9.17, 15) is 14.0 Å². The number of Topliss-reactive ketones (excluding diaryl/α,β-unsaturated/α-hetero) is 1. The van der Waals surface area contributed by atoms with E-state index in [0.717, 1.165) is 18.2 Å². The zero-order valence-electron chi connectivity index (χ0n) is 6.66. The lowest BCUT2D eigenvalue weighted by Gasteiger charge is -2.00. The van der Waals surface area contributed by atoms with Crippen LogP contribution in [0.25, 0.3) is 0 Å². The van der Waals surface area contributed by atoms with Crippen molar-refractivity contribution in [2.75, 3.05) is 0 Å². The molecule has 68 valence electrons. The molecule has 1 aromatic rings. The van der Waals surface area contributed by atoms with Gasteiger partial charge in [-0.2, -0.15) is 0 Å². The fourth-order valence-corrected chi connectivity index (χ4v) is 0.917. The van der Waals surface area contributed by atoms with Crippen molar-refractivity contribution in [2.45, 2.75) is 6.42 Å². The van der Waals surface area contributed by atoms with Gasteiger partial charge in [0.25, 0.3) is 0 Å². The quantitative estimate of drug-likeness (QED) is 0.435. The molecule has 0 atom stereocenters. The number of aldehydes is 1. The van der Waals surface area contributed by atoms with Gasteiger partial charge in [0.1, 0.15) is 17.9 Å². The molecule has 13 heavy (non-hydrogen) atoms. The molecule has 0 saturated heterocycles. The smallest absolute Gasteiger partial charge is 0.173 e. The summed E-state index contributed by atoms with van der Waals surface area (Å²) in [4.78, 5) is 21.0. The average Bonchev–Trinajstić information content (AvgIpc) is 2.09. The van der Waals surface area contributed by atoms with Gasteiger partial charge in [0.2, 0.25) is 0 Å². The van der Waals surface area contributed by atoms with Crippen LogP contribution < -0.4 is 0 Å². The molecule has 0 aliphatic carbocycles. The highest BCUT2D eigenvalue weighted by Crippen LogP contribution is 2.18. The second-order valence-corrected chi connectivity index (χ2v) is 2.46. The second kappa shape index (κ2) is 3.80. The maximum Gasteiger partial charge on any atom is 0.173 e. The fourth-order valence-electron chi connectivity index (χ4n) is 0.917. The number of rotatable bonds is 3. The highest BCUT2D eigenvalue weighted by Gasteiger charge is 2.10. The topological polar surface area (TPSA) is 54.4 Å². The molecular weight excluding hydrogens is 175 g/mol. The first kappa shape index (κ1) is 9.38. The molecule has 0 bridgehead atoms. The van der Waals surface area contributed by atoms with Gasteiger partial charge in [0.15, 0.2) is 5.78 Å². The van der Waals surface area contributed by atoms with E-state index < -0.39 is 11.6 Å². The summed E-state index contributed by atoms with van der Waals surface area (Å²) in [7, 11) is 0. The molecule has 0 unspecified atom stereocenters. The summed E-state index contributed by atoms with van der Waals surface area (Å²) in [6.07, 6.45) is 0.0592. The third-order valence-electron chi connectivity index (χ3n) is 1.53. The molecule has 0 radical (unpaired) electrons. The molecule has 1 rings (SSSR count). The Hall–Kier alpha value is -1.71. The maximum atomic E-state index is 12.6. The van der Waals surface area contributed by atoms with Crippen LogP contribution >= 0.6 is 0 Å². The van der Waals surface area contributed by atoms with Crippen LogP contribution in [0.15, 0.2) is 18.2 Å². The molecule has 0 fully saturated rings. The first-order chi connectivity index (χ1) is 6.15. The van der Waals surface area contributed by atoms with E-state index in [1.165, 1.54) is 0 Å². The Kier molecular flexibility index (Phi) is 2.74. The number of carbonyl (C=O) groups is 2. The Morgan fingerprint density at radius 1 is 1.54 bits per heavy atom. The van der Waals surface area contributed by atoms with Crippen molar-refractivity contribution in [3.63, 3.8) is 0 Å². The predicted molar refractivity (Wildman–Crippen MR) is 43.1 cm³/mol. The van der Waals surface area contributed by atoms with Crippen molar-refractivity contribution in [2.24, 2.45) is 0 Å². The zero-order chi connectivity index (χ0) is 9.84. The average molecular weight is 182 g/mol. The van der Waals surface area contributed by atoms with Gasteiger partial charge in [-0.1, -0.05) is 0 Å². The van der Waals surface area contributed by atoms with E-state index in [0.29, 0.717) is 6.29 Å². The van der Waals surface area contributed by atoms with E-state index in [4.69, 9.17) is 5.11 Å². The lowest BCUT2D eigenvalue weighted by Crippen LogP contribution is -2.00. The third kappa shape index (κ3) is 2.11. The second-order valence-electron chi connectivity index (χ2n) is 2.46. The van der Waals surface area contributed by atoms with E-state index >= 15 is 0 Å². The van der Waals surface area contributed by atoms with Gasteiger partial charge in [0.05, 0.1) is 12.0 Å². The van der Waals surface area contributed by atoms with Crippen molar-refractivity contribution >= 4 is 12.1 Å². The Bertz CT molecular complexity index is 347. The van der Waals surface area contributed by atoms with Gasteiger partial charge in [-0.05, 0) is 18.2 Å². The number of benzene rings is 1. The van der Waals surface area contributed by atoms with Crippen LogP contribution in [-0.4, -0.2) is 17.2 Å². The van der Waals surface area contributed by atoms with Crippen LogP contribution in [-0.2, 0) is 4.79 Å². The fraction of sp³-hybridized carbons (Fsp3) is 0.111. The van der Waals surface area contributed by atoms with E-state index in [2.05, 4.69) is 0 Å². The summed E-state index contributed by atoms with van der Waals surface area (Å²) in [5.74, 6) is -1.52. The summed E-state index contributed by atoms with van der Waals surface area (Å²) in [5.41, 5.74) is -0.160. The van der Waals surface area contributed by atoms with Gasteiger partial charge < -0.3 is 9.90 Å². The Morgan fingerprint density at radius 2 is 2.23 bits per heavy atom. The number of hydrogen-bond donors (Lipinski definition) is 1. The van der Waals surface area contributed by atoms with Crippen molar-refractivity contribution in [1.82, 2.24) is 0 Å². The summed E-state index contributed by atoms with van der Waals surface area (Å²) >= 11 is 0. The number of halogens is 1. The highest BCUT2D eigenvalue weighted by atomic mass is 19.1. The third-order valence-corrected chi connectivity index (χ3v) is 1.53. The number of ketones is 1. The number of aromatic hydroxyl groups is 1. The Balaban J connectivity index is 3.05. The molecular formula is C9H7FO3. The standard InChI is InChI=1S/C9H7FO3/c10-6-1-2-8(12)7(5-6)9(13)3-4-11/h1-2,4-5,12H,3H2. The molecule has 4 heteroatoms. The molecule has 0 heterocycles. The molecule has 0 aromatic heterocycles. The minimum Gasteiger partial charge on any atom is -0.507 e. The van der Waals surface area contributed by atoms with E-state index in [-0.39, 0.29) is 17.7 Å². The summed E-state index contributed by atoms with van der Waals surface area (Å²) in [6.45, 7) is 0. The van der Waals surface area contributed by atoms with Gasteiger partial charge in [-0.15, -0.1) is 0 Å². The number of phenols is 1. The molecule has 0 aliphatic rings. The normalized spacial score (nSPS) is 9.62. The minimum absolute atomic E-state index is 0.160. The lowest BCUT2D eigenvalue weighted by atomic mass is 10.1. The van der Waals surface area contributed by atoms with Crippen molar-refractivity contribution in [1.29, 1.82) is 0 Å². The van der Waals surface area contributed by atoms with Gasteiger partial charge in [0, 0.05) is 0 Å². The lowest BCUT2D eigenvalue weighted by molar-refractivity contribution is -0.107. The minimum atomic E-state index is -0.618. The van der Waals surface area contributed by atoms with Crippen LogP contribution in [0.3, 0.4) is 0 Å². The maximum absolute atomic E-state index is 12.6. The molecule has 1 aromatic carbocycles. The summed E-state index contributed by atoms with van der Waals surface area (Å²) < 4.78 is 12.6. The van der Waals surface area contributed by atoms with Crippen molar-refractivity contribution < 1.29 is 19.1 Å².